The molecule has 1 spiro atoms. The lowest BCUT2D eigenvalue weighted by atomic mass is 9.99. The van der Waals surface area contributed by atoms with Crippen molar-refractivity contribution in [1.29, 1.82) is 0 Å². The van der Waals surface area contributed by atoms with E-state index >= 15 is 4.39 Å². The molecule has 1 amide bonds. The molecule has 2 aliphatic heterocycles. The Morgan fingerprint density at radius 3 is 2.22 bits per heavy atom. The largest absolute Gasteiger partial charge is 0.390 e. The standard InChI is InChI=1S/C25H21F2N3O.C4H8O/c26-20-5-3-17-9-16(1-2-18(17)10-20)19-4-6-21(22(27)11-19)23-29-25(7-8-25)24(31)30(23)14-15-12-28-13-15;1-4(5)2-3-4/h1-6,9-11,15,28H,7-8,12-14H2;5H,2-3H2,1H3. The SMILES string of the molecule is CC1(O)CC1.O=C1N(CC2CNC2)C(c2ccc(-c3ccc4cc(F)ccc4c3)cc2F)=NC12CC2. The van der Waals surface area contributed by atoms with E-state index in [1.807, 2.05) is 31.2 Å². The smallest absolute Gasteiger partial charge is 0.256 e. The second kappa shape index (κ2) is 8.46. The minimum atomic E-state index is -0.648. The first kappa shape index (κ1) is 23.3. The first-order valence-corrected chi connectivity index (χ1v) is 12.6. The number of amidine groups is 1. The second-order valence-electron chi connectivity index (χ2n) is 10.8. The molecule has 0 aromatic heterocycles. The molecule has 7 heteroatoms. The number of rotatable bonds is 4. The number of halogens is 2. The van der Waals surface area contributed by atoms with E-state index in [0.29, 0.717) is 23.9 Å². The Hall–Kier alpha value is -3.16. The molecule has 2 saturated carbocycles. The van der Waals surface area contributed by atoms with Gasteiger partial charge < -0.3 is 10.4 Å². The molecule has 0 bridgehead atoms. The van der Waals surface area contributed by atoms with Gasteiger partial charge in [-0.2, -0.15) is 0 Å². The van der Waals surface area contributed by atoms with Gasteiger partial charge >= 0.3 is 0 Å². The molecule has 5 nitrogen and oxygen atoms in total. The molecule has 2 heterocycles. The van der Waals surface area contributed by atoms with Gasteiger partial charge in [0.1, 0.15) is 23.0 Å². The van der Waals surface area contributed by atoms with Crippen molar-refractivity contribution in [2.24, 2.45) is 10.9 Å². The lowest BCUT2D eigenvalue weighted by Gasteiger charge is -2.32. The van der Waals surface area contributed by atoms with E-state index in [9.17, 15) is 9.18 Å². The van der Waals surface area contributed by atoms with Crippen LogP contribution in [0.4, 0.5) is 8.78 Å². The van der Waals surface area contributed by atoms with E-state index in [1.165, 1.54) is 18.2 Å². The van der Waals surface area contributed by atoms with Crippen molar-refractivity contribution in [2.75, 3.05) is 19.6 Å². The maximum atomic E-state index is 15.3. The lowest BCUT2D eigenvalue weighted by Crippen LogP contribution is -2.51. The van der Waals surface area contributed by atoms with Crippen molar-refractivity contribution in [2.45, 2.75) is 43.7 Å². The molecular weight excluding hydrogens is 460 g/mol. The number of carbonyl (C=O) groups excluding carboxylic acids is 1. The van der Waals surface area contributed by atoms with Gasteiger partial charge in [0.25, 0.3) is 5.91 Å². The number of hydrogen-bond donors (Lipinski definition) is 2. The average molecular weight is 490 g/mol. The van der Waals surface area contributed by atoms with Crippen LogP contribution in [0.1, 0.15) is 38.2 Å². The molecule has 7 rings (SSSR count). The van der Waals surface area contributed by atoms with Crippen LogP contribution in [0.3, 0.4) is 0 Å². The summed E-state index contributed by atoms with van der Waals surface area (Å²) in [6.45, 7) is 4.18. The Balaban J connectivity index is 0.000000431. The summed E-state index contributed by atoms with van der Waals surface area (Å²) in [6, 6.07) is 15.3. The molecule has 0 radical (unpaired) electrons. The Morgan fingerprint density at radius 1 is 0.972 bits per heavy atom. The highest BCUT2D eigenvalue weighted by atomic mass is 19.1. The maximum absolute atomic E-state index is 15.3. The fourth-order valence-corrected chi connectivity index (χ4v) is 4.67. The highest BCUT2D eigenvalue weighted by Crippen LogP contribution is 2.46. The lowest BCUT2D eigenvalue weighted by molar-refractivity contribution is -0.128. The van der Waals surface area contributed by atoms with Crippen molar-refractivity contribution in [3.63, 3.8) is 0 Å². The van der Waals surface area contributed by atoms with Gasteiger partial charge in [-0.1, -0.05) is 24.3 Å². The minimum absolute atomic E-state index is 0.0136. The predicted molar refractivity (Wildman–Crippen MR) is 136 cm³/mol. The van der Waals surface area contributed by atoms with Crippen molar-refractivity contribution in [3.8, 4) is 11.1 Å². The van der Waals surface area contributed by atoms with Crippen LogP contribution in [0.5, 0.6) is 0 Å². The van der Waals surface area contributed by atoms with Gasteiger partial charge in [-0.3, -0.25) is 14.7 Å². The van der Waals surface area contributed by atoms with Crippen LogP contribution in [-0.2, 0) is 4.79 Å². The first-order valence-electron chi connectivity index (χ1n) is 12.6. The number of hydrogen-bond acceptors (Lipinski definition) is 4. The fraction of sp³-hybridized carbons (Fsp3) is 0.379. The number of nitrogens with one attached hydrogen (secondary N) is 1. The van der Waals surface area contributed by atoms with Crippen molar-refractivity contribution < 1.29 is 18.7 Å². The van der Waals surface area contributed by atoms with Crippen molar-refractivity contribution in [1.82, 2.24) is 10.2 Å². The zero-order chi connectivity index (χ0) is 25.1. The summed E-state index contributed by atoms with van der Waals surface area (Å²) in [4.78, 5) is 19.3. The van der Waals surface area contributed by atoms with Gasteiger partial charge in [-0.15, -0.1) is 0 Å². The number of amides is 1. The third kappa shape index (κ3) is 4.42. The van der Waals surface area contributed by atoms with E-state index in [2.05, 4.69) is 10.3 Å². The molecule has 1 saturated heterocycles. The summed E-state index contributed by atoms with van der Waals surface area (Å²) in [5.74, 6) is 0.191. The molecule has 0 unspecified atom stereocenters. The molecule has 0 atom stereocenters. The van der Waals surface area contributed by atoms with E-state index in [4.69, 9.17) is 5.11 Å². The van der Waals surface area contributed by atoms with Gasteiger partial charge in [-0.25, -0.2) is 8.78 Å². The maximum Gasteiger partial charge on any atom is 0.256 e. The molecule has 3 aromatic carbocycles. The molecular formula is C29H29F2N3O2. The summed E-state index contributed by atoms with van der Waals surface area (Å²) in [7, 11) is 0. The van der Waals surface area contributed by atoms with E-state index in [1.54, 1.807) is 17.0 Å². The van der Waals surface area contributed by atoms with Gasteiger partial charge in [-0.05, 0) is 84.8 Å². The van der Waals surface area contributed by atoms with Crippen LogP contribution in [0.25, 0.3) is 21.9 Å². The molecule has 4 aliphatic rings. The molecule has 36 heavy (non-hydrogen) atoms. The van der Waals surface area contributed by atoms with Crippen LogP contribution in [0.2, 0.25) is 0 Å². The summed E-state index contributed by atoms with van der Waals surface area (Å²) in [5.41, 5.74) is 1.06. The monoisotopic (exact) mass is 489 g/mol. The molecule has 2 N–H and O–H groups in total. The summed E-state index contributed by atoms with van der Waals surface area (Å²) in [5, 5.41) is 13.5. The Kier molecular flexibility index (Phi) is 5.46. The molecule has 3 fully saturated rings. The van der Waals surface area contributed by atoms with Crippen LogP contribution in [0.15, 0.2) is 59.6 Å². The number of carbonyl (C=O) groups is 1. The zero-order valence-electron chi connectivity index (χ0n) is 20.2. The Morgan fingerprint density at radius 2 is 1.61 bits per heavy atom. The van der Waals surface area contributed by atoms with E-state index < -0.39 is 11.4 Å². The van der Waals surface area contributed by atoms with Gasteiger partial charge in [0.05, 0.1) is 11.2 Å². The molecule has 2 aliphatic carbocycles. The van der Waals surface area contributed by atoms with Gasteiger partial charge in [0.2, 0.25) is 0 Å². The average Bonchev–Trinajstić information content (AvgIpc) is 3.73. The van der Waals surface area contributed by atoms with Gasteiger partial charge in [0.15, 0.2) is 0 Å². The second-order valence-corrected chi connectivity index (χ2v) is 10.8. The highest BCUT2D eigenvalue weighted by molar-refractivity contribution is 6.16. The van der Waals surface area contributed by atoms with Crippen LogP contribution in [0, 0.1) is 17.6 Å². The number of fused-ring (bicyclic) bond motifs is 1. The minimum Gasteiger partial charge on any atom is -0.390 e. The van der Waals surface area contributed by atoms with E-state index in [0.717, 1.165) is 60.7 Å². The van der Waals surface area contributed by atoms with Gasteiger partial charge in [0, 0.05) is 25.6 Å². The quantitative estimate of drug-likeness (QED) is 0.561. The molecule has 3 aromatic rings. The number of aliphatic imine (C=N–C) groups is 1. The topological polar surface area (TPSA) is 64.9 Å². The predicted octanol–water partition coefficient (Wildman–Crippen LogP) is 4.66. The third-order valence-corrected chi connectivity index (χ3v) is 7.57. The summed E-state index contributed by atoms with van der Waals surface area (Å²) < 4.78 is 28.7. The molecule has 186 valence electrons. The normalized spacial score (nSPS) is 21.2. The third-order valence-electron chi connectivity index (χ3n) is 7.57. The van der Waals surface area contributed by atoms with E-state index in [-0.39, 0.29) is 17.3 Å². The Labute approximate surface area is 208 Å². The number of aliphatic hydroxyl groups is 1. The first-order chi connectivity index (χ1) is 17.2. The fourth-order valence-electron chi connectivity index (χ4n) is 4.67. The number of benzene rings is 3. The van der Waals surface area contributed by atoms with Crippen LogP contribution in [-0.4, -0.2) is 52.5 Å². The zero-order valence-corrected chi connectivity index (χ0v) is 20.2. The summed E-state index contributed by atoms with van der Waals surface area (Å²) >= 11 is 0. The number of nitrogens with zero attached hydrogens (tertiary/aromatic N) is 2. The summed E-state index contributed by atoms with van der Waals surface area (Å²) in [6.07, 6.45) is 3.50. The van der Waals surface area contributed by atoms with Crippen LogP contribution < -0.4 is 5.32 Å². The Bertz CT molecular complexity index is 1390. The van der Waals surface area contributed by atoms with Crippen LogP contribution >= 0.6 is 0 Å². The van der Waals surface area contributed by atoms with Crippen molar-refractivity contribution in [3.05, 3.63) is 71.8 Å². The highest BCUT2D eigenvalue weighted by Gasteiger charge is 2.57. The van der Waals surface area contributed by atoms with Crippen molar-refractivity contribution >= 4 is 22.5 Å².